The Morgan fingerprint density at radius 3 is 2.88 bits per heavy atom. The van der Waals surface area contributed by atoms with Gasteiger partial charge in [0.15, 0.2) is 0 Å². The number of nitrogens with one attached hydrogen (secondary N) is 1. The van der Waals surface area contributed by atoms with Gasteiger partial charge in [-0.3, -0.25) is 4.68 Å². The molecule has 3 rings (SSSR count). The van der Waals surface area contributed by atoms with Crippen LogP contribution in [0.25, 0.3) is 0 Å². The highest BCUT2D eigenvalue weighted by Gasteiger charge is 2.19. The zero-order valence-corrected chi connectivity index (χ0v) is 9.86. The van der Waals surface area contributed by atoms with Crippen molar-refractivity contribution < 1.29 is 0 Å². The summed E-state index contributed by atoms with van der Waals surface area (Å²) in [5.74, 6) is 0.797. The van der Waals surface area contributed by atoms with Crippen LogP contribution in [0.1, 0.15) is 50.0 Å². The minimum atomic E-state index is 0.649. The van der Waals surface area contributed by atoms with Crippen molar-refractivity contribution in [3.8, 4) is 0 Å². The van der Waals surface area contributed by atoms with E-state index < -0.39 is 0 Å². The van der Waals surface area contributed by atoms with Crippen molar-refractivity contribution >= 4 is 0 Å². The molecule has 2 heterocycles. The van der Waals surface area contributed by atoms with Crippen molar-refractivity contribution in [1.82, 2.24) is 15.1 Å². The van der Waals surface area contributed by atoms with Crippen molar-refractivity contribution in [2.75, 3.05) is 6.54 Å². The second-order valence-corrected chi connectivity index (χ2v) is 5.27. The quantitative estimate of drug-likeness (QED) is 0.845. The summed E-state index contributed by atoms with van der Waals surface area (Å²) < 4.78 is 2.14. The molecule has 3 heteroatoms. The van der Waals surface area contributed by atoms with E-state index in [2.05, 4.69) is 27.5 Å². The van der Waals surface area contributed by atoms with Gasteiger partial charge in [0.25, 0.3) is 0 Å². The Bertz CT molecular complexity index is 333. The summed E-state index contributed by atoms with van der Waals surface area (Å²) in [6, 6.07) is 0.649. The molecule has 88 valence electrons. The molecule has 0 bridgehead atoms. The van der Waals surface area contributed by atoms with E-state index in [-0.39, 0.29) is 0 Å². The molecular formula is C13H21N3. The van der Waals surface area contributed by atoms with Gasteiger partial charge in [-0.25, -0.2) is 0 Å². The van der Waals surface area contributed by atoms with Gasteiger partial charge >= 0.3 is 0 Å². The summed E-state index contributed by atoms with van der Waals surface area (Å²) in [6.45, 7) is 2.23. The minimum Gasteiger partial charge on any atom is -0.312 e. The molecule has 3 nitrogen and oxygen atoms in total. The minimum absolute atomic E-state index is 0.649. The summed E-state index contributed by atoms with van der Waals surface area (Å²) in [5, 5.41) is 8.02. The fourth-order valence-corrected chi connectivity index (χ4v) is 3.09. The molecule has 1 aromatic rings. The molecule has 1 saturated heterocycles. The SMILES string of the molecule is c1nn(CC2CCCN2)cc1C1CCCC1. The van der Waals surface area contributed by atoms with Gasteiger partial charge in [-0.15, -0.1) is 0 Å². The van der Waals surface area contributed by atoms with Crippen LogP contribution in [0.2, 0.25) is 0 Å². The van der Waals surface area contributed by atoms with Crippen LogP contribution in [0.5, 0.6) is 0 Å². The zero-order valence-electron chi connectivity index (χ0n) is 9.86. The molecule has 2 aliphatic rings. The lowest BCUT2D eigenvalue weighted by Crippen LogP contribution is -2.26. The van der Waals surface area contributed by atoms with Crippen LogP contribution in [-0.2, 0) is 6.54 Å². The van der Waals surface area contributed by atoms with Gasteiger partial charge in [-0.2, -0.15) is 5.10 Å². The monoisotopic (exact) mass is 219 g/mol. The van der Waals surface area contributed by atoms with Gasteiger partial charge in [-0.1, -0.05) is 12.8 Å². The van der Waals surface area contributed by atoms with E-state index in [1.54, 1.807) is 0 Å². The molecular weight excluding hydrogens is 198 g/mol. The Morgan fingerprint density at radius 1 is 1.25 bits per heavy atom. The third-order valence-electron chi connectivity index (χ3n) is 4.05. The molecule has 1 unspecified atom stereocenters. The molecule has 2 fully saturated rings. The lowest BCUT2D eigenvalue weighted by atomic mass is 10.0. The first kappa shape index (κ1) is 10.3. The third kappa shape index (κ3) is 2.14. The van der Waals surface area contributed by atoms with E-state index in [4.69, 9.17) is 0 Å². The van der Waals surface area contributed by atoms with Crippen molar-refractivity contribution in [3.05, 3.63) is 18.0 Å². The Balaban J connectivity index is 1.62. The van der Waals surface area contributed by atoms with Crippen molar-refractivity contribution in [2.45, 2.75) is 57.0 Å². The first-order chi connectivity index (χ1) is 7.92. The standard InChI is InChI=1S/C13H21N3/c1-2-5-11(4-1)12-8-15-16(9-12)10-13-6-3-7-14-13/h8-9,11,13-14H,1-7,10H2. The van der Waals surface area contributed by atoms with Crippen LogP contribution in [0.3, 0.4) is 0 Å². The molecule has 0 spiro atoms. The Kier molecular flexibility index (Phi) is 2.96. The van der Waals surface area contributed by atoms with Crippen molar-refractivity contribution in [1.29, 1.82) is 0 Å². The second-order valence-electron chi connectivity index (χ2n) is 5.27. The molecule has 1 N–H and O–H groups in total. The Labute approximate surface area is 97.2 Å². The van der Waals surface area contributed by atoms with Gasteiger partial charge in [0, 0.05) is 12.2 Å². The molecule has 1 saturated carbocycles. The molecule has 1 aliphatic carbocycles. The topological polar surface area (TPSA) is 29.9 Å². The van der Waals surface area contributed by atoms with Crippen molar-refractivity contribution in [2.24, 2.45) is 0 Å². The maximum absolute atomic E-state index is 4.50. The molecule has 0 radical (unpaired) electrons. The maximum Gasteiger partial charge on any atom is 0.0562 e. The average Bonchev–Trinajstić information content (AvgIpc) is 2.99. The number of hydrogen-bond acceptors (Lipinski definition) is 2. The summed E-state index contributed by atoms with van der Waals surface area (Å²) in [4.78, 5) is 0. The van der Waals surface area contributed by atoms with E-state index >= 15 is 0 Å². The normalized spacial score (nSPS) is 26.6. The van der Waals surface area contributed by atoms with Gasteiger partial charge < -0.3 is 5.32 Å². The third-order valence-corrected chi connectivity index (χ3v) is 4.05. The van der Waals surface area contributed by atoms with Crippen molar-refractivity contribution in [3.63, 3.8) is 0 Å². The maximum atomic E-state index is 4.50. The number of aromatic nitrogens is 2. The fourth-order valence-electron chi connectivity index (χ4n) is 3.09. The lowest BCUT2D eigenvalue weighted by molar-refractivity contribution is 0.475. The van der Waals surface area contributed by atoms with Crippen LogP contribution in [0.15, 0.2) is 12.4 Å². The predicted octanol–water partition coefficient (Wildman–Crippen LogP) is 2.29. The Hall–Kier alpha value is -0.830. The van der Waals surface area contributed by atoms with Crippen LogP contribution in [-0.4, -0.2) is 22.4 Å². The first-order valence-corrected chi connectivity index (χ1v) is 6.67. The summed E-state index contributed by atoms with van der Waals surface area (Å²) in [5.41, 5.74) is 1.47. The highest BCUT2D eigenvalue weighted by Crippen LogP contribution is 2.33. The Morgan fingerprint density at radius 2 is 2.12 bits per heavy atom. The molecule has 16 heavy (non-hydrogen) atoms. The van der Waals surface area contributed by atoms with E-state index in [1.807, 2.05) is 0 Å². The van der Waals surface area contributed by atoms with Crippen LogP contribution < -0.4 is 5.32 Å². The van der Waals surface area contributed by atoms with Gasteiger partial charge in [-0.05, 0) is 43.7 Å². The van der Waals surface area contributed by atoms with Crippen LogP contribution >= 0.6 is 0 Å². The van der Waals surface area contributed by atoms with Crippen LogP contribution in [0, 0.1) is 0 Å². The zero-order chi connectivity index (χ0) is 10.8. The molecule has 1 aliphatic heterocycles. The highest BCUT2D eigenvalue weighted by molar-refractivity contribution is 5.12. The average molecular weight is 219 g/mol. The molecule has 0 aromatic carbocycles. The van der Waals surface area contributed by atoms with E-state index in [9.17, 15) is 0 Å². The van der Waals surface area contributed by atoms with E-state index in [0.717, 1.165) is 12.5 Å². The smallest absolute Gasteiger partial charge is 0.0562 e. The summed E-state index contributed by atoms with van der Waals surface area (Å²) in [6.07, 6.45) is 12.5. The van der Waals surface area contributed by atoms with E-state index in [1.165, 1.54) is 50.6 Å². The second kappa shape index (κ2) is 4.58. The number of hydrogen-bond donors (Lipinski definition) is 1. The molecule has 1 atom stereocenters. The lowest BCUT2D eigenvalue weighted by Gasteiger charge is -2.09. The highest BCUT2D eigenvalue weighted by atomic mass is 15.3. The number of nitrogens with zero attached hydrogens (tertiary/aromatic N) is 2. The van der Waals surface area contributed by atoms with E-state index in [0.29, 0.717) is 6.04 Å². The van der Waals surface area contributed by atoms with Crippen LogP contribution in [0.4, 0.5) is 0 Å². The molecule has 0 amide bonds. The summed E-state index contributed by atoms with van der Waals surface area (Å²) in [7, 11) is 0. The fraction of sp³-hybridized carbons (Fsp3) is 0.769. The first-order valence-electron chi connectivity index (χ1n) is 6.67. The molecule has 1 aromatic heterocycles. The summed E-state index contributed by atoms with van der Waals surface area (Å²) >= 11 is 0. The predicted molar refractivity (Wildman–Crippen MR) is 64.5 cm³/mol. The number of rotatable bonds is 3. The van der Waals surface area contributed by atoms with Gasteiger partial charge in [0.2, 0.25) is 0 Å². The largest absolute Gasteiger partial charge is 0.312 e. The van der Waals surface area contributed by atoms with Gasteiger partial charge in [0.05, 0.1) is 12.7 Å². The van der Waals surface area contributed by atoms with Gasteiger partial charge in [0.1, 0.15) is 0 Å².